The van der Waals surface area contributed by atoms with Crippen LogP contribution in [0.2, 0.25) is 0 Å². The summed E-state index contributed by atoms with van der Waals surface area (Å²) in [6.45, 7) is 0.857. The molecular weight excluding hydrogens is 206 g/mol. The summed E-state index contributed by atoms with van der Waals surface area (Å²) in [5.41, 5.74) is 1.81. The van der Waals surface area contributed by atoms with Crippen molar-refractivity contribution in [1.29, 1.82) is 0 Å². The Morgan fingerprint density at radius 1 is 1.33 bits per heavy atom. The van der Waals surface area contributed by atoms with E-state index in [-0.39, 0.29) is 11.3 Å². The molecule has 0 radical (unpaired) electrons. The van der Waals surface area contributed by atoms with E-state index in [1.807, 2.05) is 11.3 Å². The molecule has 1 aliphatic carbocycles. The third-order valence-electron chi connectivity index (χ3n) is 3.83. The predicted octanol–water partition coefficient (Wildman–Crippen LogP) is 2.23. The van der Waals surface area contributed by atoms with Gasteiger partial charge >= 0.3 is 0 Å². The van der Waals surface area contributed by atoms with E-state index in [1.165, 1.54) is 24.8 Å². The lowest BCUT2D eigenvalue weighted by molar-refractivity contribution is -0.123. The van der Waals surface area contributed by atoms with Gasteiger partial charge in [-0.25, -0.2) is 0 Å². The maximum atomic E-state index is 11.2. The maximum absolute atomic E-state index is 11.2. The minimum atomic E-state index is 0.225. The summed E-state index contributed by atoms with van der Waals surface area (Å²) < 4.78 is 0. The van der Waals surface area contributed by atoms with Gasteiger partial charge in [0.25, 0.3) is 0 Å². The first-order chi connectivity index (χ1) is 7.30. The number of nitrogens with one attached hydrogen (secondary N) is 1. The SMILES string of the molecule is O=C1CCC2(CCCc3sccc32)CN1. The van der Waals surface area contributed by atoms with Crippen LogP contribution in [-0.4, -0.2) is 12.5 Å². The van der Waals surface area contributed by atoms with E-state index in [9.17, 15) is 4.79 Å². The van der Waals surface area contributed by atoms with Gasteiger partial charge < -0.3 is 5.32 Å². The summed E-state index contributed by atoms with van der Waals surface area (Å²) in [5.74, 6) is 0.225. The number of hydrogen-bond acceptors (Lipinski definition) is 2. The van der Waals surface area contributed by atoms with Gasteiger partial charge in [-0.05, 0) is 42.7 Å². The Morgan fingerprint density at radius 2 is 2.27 bits per heavy atom. The molecule has 15 heavy (non-hydrogen) atoms. The number of fused-ring (bicyclic) bond motifs is 2. The van der Waals surface area contributed by atoms with Gasteiger partial charge in [0.15, 0.2) is 0 Å². The maximum Gasteiger partial charge on any atom is 0.220 e. The lowest BCUT2D eigenvalue weighted by atomic mass is 9.68. The first-order valence-electron chi connectivity index (χ1n) is 5.64. The standard InChI is InChI=1S/C12H15NOS/c14-11-3-6-12(8-13-11)5-1-2-10-9(12)4-7-15-10/h4,7H,1-3,5-6,8H2,(H,13,14). The molecule has 1 unspecified atom stereocenters. The van der Waals surface area contributed by atoms with Crippen LogP contribution in [0.4, 0.5) is 0 Å². The van der Waals surface area contributed by atoms with Crippen LogP contribution in [0, 0.1) is 0 Å². The fraction of sp³-hybridized carbons (Fsp3) is 0.583. The van der Waals surface area contributed by atoms with Crippen molar-refractivity contribution in [3.05, 3.63) is 21.9 Å². The first-order valence-corrected chi connectivity index (χ1v) is 6.52. The average Bonchev–Trinajstić information content (AvgIpc) is 2.72. The van der Waals surface area contributed by atoms with E-state index in [4.69, 9.17) is 0 Å². The van der Waals surface area contributed by atoms with Crippen molar-refractivity contribution in [2.45, 2.75) is 37.5 Å². The molecule has 1 atom stereocenters. The molecule has 1 amide bonds. The minimum Gasteiger partial charge on any atom is -0.355 e. The van der Waals surface area contributed by atoms with E-state index in [0.717, 1.165) is 13.0 Å². The number of carbonyl (C=O) groups excluding carboxylic acids is 1. The molecule has 80 valence electrons. The topological polar surface area (TPSA) is 29.1 Å². The van der Waals surface area contributed by atoms with Crippen LogP contribution in [-0.2, 0) is 16.6 Å². The zero-order valence-electron chi connectivity index (χ0n) is 8.71. The Kier molecular flexibility index (Phi) is 2.09. The van der Waals surface area contributed by atoms with Gasteiger partial charge in [0.1, 0.15) is 0 Å². The van der Waals surface area contributed by atoms with Gasteiger partial charge in [0.05, 0.1) is 0 Å². The van der Waals surface area contributed by atoms with E-state index in [0.29, 0.717) is 6.42 Å². The summed E-state index contributed by atoms with van der Waals surface area (Å²) in [7, 11) is 0. The van der Waals surface area contributed by atoms with Crippen molar-refractivity contribution in [2.75, 3.05) is 6.54 Å². The summed E-state index contributed by atoms with van der Waals surface area (Å²) in [6, 6.07) is 2.27. The summed E-state index contributed by atoms with van der Waals surface area (Å²) >= 11 is 1.88. The first kappa shape index (κ1) is 9.40. The quantitative estimate of drug-likeness (QED) is 0.715. The van der Waals surface area contributed by atoms with Gasteiger partial charge in [0.2, 0.25) is 5.91 Å². The van der Waals surface area contributed by atoms with Crippen LogP contribution in [0.5, 0.6) is 0 Å². The molecule has 1 aliphatic heterocycles. The number of carbonyl (C=O) groups is 1. The normalized spacial score (nSPS) is 30.0. The van der Waals surface area contributed by atoms with Gasteiger partial charge in [0, 0.05) is 23.3 Å². The molecule has 0 bridgehead atoms. The molecule has 3 heteroatoms. The lowest BCUT2D eigenvalue weighted by Gasteiger charge is -2.40. The highest BCUT2D eigenvalue weighted by molar-refractivity contribution is 7.10. The highest BCUT2D eigenvalue weighted by Gasteiger charge is 2.39. The fourth-order valence-electron chi connectivity index (χ4n) is 2.97. The molecule has 0 aromatic carbocycles. The fourth-order valence-corrected chi connectivity index (χ4v) is 4.01. The molecule has 1 fully saturated rings. The highest BCUT2D eigenvalue weighted by atomic mass is 32.1. The monoisotopic (exact) mass is 221 g/mol. The third kappa shape index (κ3) is 1.41. The Morgan fingerprint density at radius 3 is 3.07 bits per heavy atom. The zero-order valence-corrected chi connectivity index (χ0v) is 9.53. The Labute approximate surface area is 93.7 Å². The summed E-state index contributed by atoms with van der Waals surface area (Å²) in [5, 5.41) is 5.24. The molecule has 1 aromatic rings. The number of aryl methyl sites for hydroxylation is 1. The van der Waals surface area contributed by atoms with Crippen LogP contribution in [0.25, 0.3) is 0 Å². The highest BCUT2D eigenvalue weighted by Crippen LogP contribution is 2.43. The van der Waals surface area contributed by atoms with E-state index >= 15 is 0 Å². The van der Waals surface area contributed by atoms with Crippen molar-refractivity contribution < 1.29 is 4.79 Å². The van der Waals surface area contributed by atoms with Crippen LogP contribution < -0.4 is 5.32 Å². The van der Waals surface area contributed by atoms with Gasteiger partial charge in [-0.2, -0.15) is 0 Å². The van der Waals surface area contributed by atoms with Crippen molar-refractivity contribution in [3.63, 3.8) is 0 Å². The molecule has 1 N–H and O–H groups in total. The zero-order chi connectivity index (χ0) is 10.3. The van der Waals surface area contributed by atoms with Crippen molar-refractivity contribution in [2.24, 2.45) is 0 Å². The minimum absolute atomic E-state index is 0.225. The van der Waals surface area contributed by atoms with Crippen LogP contribution in [0.1, 0.15) is 36.1 Å². The largest absolute Gasteiger partial charge is 0.355 e. The Balaban J connectivity index is 1.97. The van der Waals surface area contributed by atoms with Crippen molar-refractivity contribution >= 4 is 17.2 Å². The molecule has 0 saturated carbocycles. The van der Waals surface area contributed by atoms with E-state index < -0.39 is 0 Å². The summed E-state index contributed by atoms with van der Waals surface area (Å²) in [4.78, 5) is 12.8. The Hall–Kier alpha value is -0.830. The number of rotatable bonds is 0. The second kappa shape index (κ2) is 3.34. The second-order valence-corrected chi connectivity index (χ2v) is 5.67. The molecule has 1 spiro atoms. The second-order valence-electron chi connectivity index (χ2n) is 4.67. The lowest BCUT2D eigenvalue weighted by Crippen LogP contribution is -2.47. The van der Waals surface area contributed by atoms with Crippen LogP contribution >= 0.6 is 11.3 Å². The molecule has 2 heterocycles. The molecule has 1 saturated heterocycles. The molecule has 3 rings (SSSR count). The summed E-state index contributed by atoms with van der Waals surface area (Å²) in [6.07, 6.45) is 5.51. The van der Waals surface area contributed by atoms with Gasteiger partial charge in [-0.15, -0.1) is 11.3 Å². The van der Waals surface area contributed by atoms with Gasteiger partial charge in [-0.3, -0.25) is 4.79 Å². The molecule has 2 nitrogen and oxygen atoms in total. The third-order valence-corrected chi connectivity index (χ3v) is 4.81. The van der Waals surface area contributed by atoms with Crippen LogP contribution in [0.3, 0.4) is 0 Å². The van der Waals surface area contributed by atoms with E-state index in [2.05, 4.69) is 16.8 Å². The predicted molar refractivity (Wildman–Crippen MR) is 61.2 cm³/mol. The van der Waals surface area contributed by atoms with E-state index in [1.54, 1.807) is 4.88 Å². The molecule has 2 aliphatic rings. The Bertz CT molecular complexity index is 386. The molecular formula is C12H15NOS. The average molecular weight is 221 g/mol. The number of hydrogen-bond donors (Lipinski definition) is 1. The van der Waals surface area contributed by atoms with Crippen molar-refractivity contribution in [3.8, 4) is 0 Å². The van der Waals surface area contributed by atoms with Gasteiger partial charge in [-0.1, -0.05) is 0 Å². The van der Waals surface area contributed by atoms with Crippen LogP contribution in [0.15, 0.2) is 11.4 Å². The molecule has 1 aromatic heterocycles. The smallest absolute Gasteiger partial charge is 0.220 e. The number of piperidine rings is 1. The van der Waals surface area contributed by atoms with Crippen molar-refractivity contribution in [1.82, 2.24) is 5.32 Å². The number of amides is 1. The number of thiophene rings is 1.